The van der Waals surface area contributed by atoms with Gasteiger partial charge in [-0.25, -0.2) is 4.98 Å². The van der Waals surface area contributed by atoms with E-state index in [1.165, 1.54) is 11.1 Å². The maximum atomic E-state index is 5.13. The van der Waals surface area contributed by atoms with E-state index in [1.54, 1.807) is 0 Å². The van der Waals surface area contributed by atoms with Gasteiger partial charge in [-0.05, 0) is 53.1 Å². The van der Waals surface area contributed by atoms with Crippen LogP contribution >= 0.6 is 0 Å². The van der Waals surface area contributed by atoms with E-state index in [4.69, 9.17) is 9.98 Å². The van der Waals surface area contributed by atoms with E-state index in [0.717, 1.165) is 45.1 Å². The van der Waals surface area contributed by atoms with Crippen LogP contribution in [0.5, 0.6) is 0 Å². The third-order valence-corrected chi connectivity index (χ3v) is 6.89. The molecule has 1 aliphatic heterocycles. The molecule has 3 heteroatoms. The number of para-hydroxylation sites is 4. The predicted octanol–water partition coefficient (Wildman–Crippen LogP) is 7.96. The molecule has 0 spiro atoms. The molecule has 0 N–H and O–H groups in total. The van der Waals surface area contributed by atoms with E-state index in [0.29, 0.717) is 0 Å². The second-order valence-corrected chi connectivity index (χ2v) is 9.08. The zero-order valence-corrected chi connectivity index (χ0v) is 19.6. The molecule has 6 aromatic rings. The molecule has 0 saturated heterocycles. The lowest BCUT2D eigenvalue weighted by Crippen LogP contribution is -2.11. The van der Waals surface area contributed by atoms with Gasteiger partial charge < -0.3 is 0 Å². The highest BCUT2D eigenvalue weighted by molar-refractivity contribution is 6.12. The third kappa shape index (κ3) is 3.37. The van der Waals surface area contributed by atoms with Gasteiger partial charge in [0.2, 0.25) is 0 Å². The Balaban J connectivity index is 1.40. The number of fused-ring (bicyclic) bond motifs is 2. The molecule has 170 valence electrons. The van der Waals surface area contributed by atoms with Gasteiger partial charge in [-0.3, -0.25) is 9.56 Å². The van der Waals surface area contributed by atoms with Crippen LogP contribution in [0.3, 0.4) is 0 Å². The van der Waals surface area contributed by atoms with Crippen molar-refractivity contribution < 1.29 is 0 Å². The van der Waals surface area contributed by atoms with E-state index in [2.05, 4.69) is 126 Å². The van der Waals surface area contributed by atoms with Gasteiger partial charge in [0.25, 0.3) is 0 Å². The summed E-state index contributed by atoms with van der Waals surface area (Å²) in [6.07, 6.45) is 0. The van der Waals surface area contributed by atoms with Gasteiger partial charge in [0.05, 0.1) is 28.4 Å². The van der Waals surface area contributed by atoms with Crippen molar-refractivity contribution >= 4 is 22.4 Å². The lowest BCUT2D eigenvalue weighted by molar-refractivity contribution is 1.10. The minimum atomic E-state index is 0.102. The smallest absolute Gasteiger partial charge is 0.145 e. The molecule has 2 heterocycles. The minimum Gasteiger partial charge on any atom is -0.292 e. The molecule has 3 nitrogen and oxygen atoms in total. The van der Waals surface area contributed by atoms with Crippen molar-refractivity contribution in [3.63, 3.8) is 0 Å². The summed E-state index contributed by atoms with van der Waals surface area (Å²) in [7, 11) is 0. The number of imidazole rings is 1. The average molecular weight is 462 g/mol. The van der Waals surface area contributed by atoms with E-state index in [1.807, 2.05) is 12.1 Å². The lowest BCUT2D eigenvalue weighted by atomic mass is 9.85. The van der Waals surface area contributed by atoms with Crippen molar-refractivity contribution in [1.29, 1.82) is 0 Å². The van der Waals surface area contributed by atoms with Crippen LogP contribution in [0.15, 0.2) is 138 Å². The number of aromatic nitrogens is 2. The fourth-order valence-electron chi connectivity index (χ4n) is 5.26. The third-order valence-electron chi connectivity index (χ3n) is 6.89. The molecule has 0 amide bonds. The van der Waals surface area contributed by atoms with Crippen molar-refractivity contribution in [3.05, 3.63) is 150 Å². The Kier molecular flexibility index (Phi) is 4.85. The van der Waals surface area contributed by atoms with Gasteiger partial charge >= 0.3 is 0 Å². The molecule has 0 saturated carbocycles. The van der Waals surface area contributed by atoms with Crippen LogP contribution in [-0.4, -0.2) is 15.3 Å². The van der Waals surface area contributed by atoms with Crippen molar-refractivity contribution in [2.24, 2.45) is 4.99 Å². The molecule has 7 rings (SSSR count). The standard InChI is InChI=1S/C33H23N3/c1-3-12-23(13-4-1)31-27-18-7-8-19-28(27)34-32(31)24-14-11-15-25(22-24)33-35-29-20-9-10-21-30(29)36(33)26-16-5-2-6-17-26/h1-22,31H. The number of rotatable bonds is 4. The Hall–Kier alpha value is -4.76. The quantitative estimate of drug-likeness (QED) is 0.262. The minimum absolute atomic E-state index is 0.102. The topological polar surface area (TPSA) is 30.2 Å². The highest BCUT2D eigenvalue weighted by Crippen LogP contribution is 2.42. The largest absolute Gasteiger partial charge is 0.292 e. The predicted molar refractivity (Wildman–Crippen MR) is 147 cm³/mol. The molecular formula is C33H23N3. The van der Waals surface area contributed by atoms with Crippen LogP contribution < -0.4 is 0 Å². The summed E-state index contributed by atoms with van der Waals surface area (Å²) >= 11 is 0. The second kappa shape index (κ2) is 8.47. The zero-order chi connectivity index (χ0) is 23.9. The number of benzene rings is 5. The number of hydrogen-bond donors (Lipinski definition) is 0. The van der Waals surface area contributed by atoms with Gasteiger partial charge in [0.15, 0.2) is 0 Å². The molecule has 1 unspecified atom stereocenters. The summed E-state index contributed by atoms with van der Waals surface area (Å²) in [6, 6.07) is 46.6. The van der Waals surface area contributed by atoms with E-state index < -0.39 is 0 Å². The molecule has 1 aromatic heterocycles. The first-order valence-corrected chi connectivity index (χ1v) is 12.2. The summed E-state index contributed by atoms with van der Waals surface area (Å²) < 4.78 is 2.24. The maximum absolute atomic E-state index is 5.13. The van der Waals surface area contributed by atoms with Crippen LogP contribution in [0.2, 0.25) is 0 Å². The lowest BCUT2D eigenvalue weighted by Gasteiger charge is -2.16. The molecule has 0 fully saturated rings. The first-order chi connectivity index (χ1) is 17.9. The van der Waals surface area contributed by atoms with Gasteiger partial charge in [-0.2, -0.15) is 0 Å². The van der Waals surface area contributed by atoms with E-state index >= 15 is 0 Å². The maximum Gasteiger partial charge on any atom is 0.145 e. The average Bonchev–Trinajstić information content (AvgIpc) is 3.53. The molecule has 0 radical (unpaired) electrons. The van der Waals surface area contributed by atoms with Gasteiger partial charge in [-0.15, -0.1) is 0 Å². The first kappa shape index (κ1) is 20.6. The SMILES string of the molecule is c1ccc(C2C(c3cccc(-c4nc5ccccc5n4-c4ccccc4)c3)=Nc3ccccc32)cc1. The van der Waals surface area contributed by atoms with Crippen LogP contribution in [0.1, 0.15) is 22.6 Å². The van der Waals surface area contributed by atoms with Crippen LogP contribution in [0, 0.1) is 0 Å². The molecule has 0 bridgehead atoms. The summed E-state index contributed by atoms with van der Waals surface area (Å²) in [5.74, 6) is 1.03. The van der Waals surface area contributed by atoms with Crippen molar-refractivity contribution in [2.75, 3.05) is 0 Å². The van der Waals surface area contributed by atoms with Crippen molar-refractivity contribution in [2.45, 2.75) is 5.92 Å². The van der Waals surface area contributed by atoms with Crippen LogP contribution in [0.25, 0.3) is 28.1 Å². The zero-order valence-electron chi connectivity index (χ0n) is 19.6. The Labute approximate surface area is 210 Å². The fraction of sp³-hybridized carbons (Fsp3) is 0.0303. The second-order valence-electron chi connectivity index (χ2n) is 9.08. The van der Waals surface area contributed by atoms with Gasteiger partial charge in [0.1, 0.15) is 5.82 Å². The molecular weight excluding hydrogens is 438 g/mol. The van der Waals surface area contributed by atoms with Crippen molar-refractivity contribution in [1.82, 2.24) is 9.55 Å². The summed E-state index contributed by atoms with van der Waals surface area (Å²) in [6.45, 7) is 0. The monoisotopic (exact) mass is 461 g/mol. The van der Waals surface area contributed by atoms with Gasteiger partial charge in [-0.1, -0.05) is 97.1 Å². The summed E-state index contributed by atoms with van der Waals surface area (Å²) in [4.78, 5) is 10.2. The number of hydrogen-bond acceptors (Lipinski definition) is 2. The number of aliphatic imine (C=N–C) groups is 1. The first-order valence-electron chi connectivity index (χ1n) is 12.2. The highest BCUT2D eigenvalue weighted by atomic mass is 15.1. The van der Waals surface area contributed by atoms with E-state index in [9.17, 15) is 0 Å². The summed E-state index contributed by atoms with van der Waals surface area (Å²) in [5, 5.41) is 0. The van der Waals surface area contributed by atoms with Gasteiger partial charge in [0, 0.05) is 11.3 Å². The molecule has 0 aliphatic carbocycles. The Morgan fingerprint density at radius 2 is 1.28 bits per heavy atom. The normalized spacial score (nSPS) is 14.6. The Bertz CT molecular complexity index is 1730. The van der Waals surface area contributed by atoms with Crippen LogP contribution in [0.4, 0.5) is 5.69 Å². The molecule has 5 aromatic carbocycles. The molecule has 1 aliphatic rings. The van der Waals surface area contributed by atoms with Crippen LogP contribution in [-0.2, 0) is 0 Å². The van der Waals surface area contributed by atoms with E-state index in [-0.39, 0.29) is 5.92 Å². The Morgan fingerprint density at radius 1 is 0.583 bits per heavy atom. The summed E-state index contributed by atoms with van der Waals surface area (Å²) in [5.41, 5.74) is 9.98. The fourth-order valence-corrected chi connectivity index (χ4v) is 5.26. The number of nitrogens with zero attached hydrogens (tertiary/aromatic N) is 3. The Morgan fingerprint density at radius 3 is 2.14 bits per heavy atom. The highest BCUT2D eigenvalue weighted by Gasteiger charge is 2.29. The molecule has 1 atom stereocenters. The molecule has 36 heavy (non-hydrogen) atoms. The van der Waals surface area contributed by atoms with Crippen molar-refractivity contribution in [3.8, 4) is 17.1 Å².